The van der Waals surface area contributed by atoms with E-state index >= 15 is 0 Å². The summed E-state index contributed by atoms with van der Waals surface area (Å²) >= 11 is 3.65. The van der Waals surface area contributed by atoms with Crippen LogP contribution in [0.25, 0.3) is 16.6 Å². The van der Waals surface area contributed by atoms with Crippen molar-refractivity contribution in [3.63, 3.8) is 0 Å². The second-order valence-electron chi connectivity index (χ2n) is 4.60. The Morgan fingerprint density at radius 1 is 1.18 bits per heavy atom. The Hall–Kier alpha value is -1.54. The lowest BCUT2D eigenvalue weighted by atomic mass is 10.2. The van der Waals surface area contributed by atoms with Crippen molar-refractivity contribution in [1.82, 2.24) is 9.55 Å². The Bertz CT molecular complexity index is 891. The molecule has 3 rings (SSSR count). The fraction of sp³-hybridized carbons (Fsp3) is 0.125. The average Bonchev–Trinajstić information content (AvgIpc) is 2.55. The number of hydrogen-bond acceptors (Lipinski definition) is 4. The van der Waals surface area contributed by atoms with Crippen LogP contribution in [0.4, 0.5) is 0 Å². The van der Waals surface area contributed by atoms with Gasteiger partial charge in [-0.2, -0.15) is 0 Å². The summed E-state index contributed by atoms with van der Waals surface area (Å²) in [5.74, 6) is 0.755. The van der Waals surface area contributed by atoms with Crippen LogP contribution in [0.15, 0.2) is 52.4 Å². The Morgan fingerprint density at radius 2 is 1.91 bits per heavy atom. The van der Waals surface area contributed by atoms with Crippen LogP contribution in [0.5, 0.6) is 5.75 Å². The van der Waals surface area contributed by atoms with Crippen molar-refractivity contribution in [2.75, 3.05) is 13.4 Å². The van der Waals surface area contributed by atoms with Gasteiger partial charge in [-0.25, -0.2) is 4.98 Å². The first-order valence-corrected chi connectivity index (χ1v) is 8.85. The van der Waals surface area contributed by atoms with E-state index in [9.17, 15) is 4.79 Å². The first-order chi connectivity index (χ1) is 10.6. The summed E-state index contributed by atoms with van der Waals surface area (Å²) in [5.41, 5.74) is 1.45. The van der Waals surface area contributed by atoms with Gasteiger partial charge in [-0.15, -0.1) is 0 Å². The molecule has 112 valence electrons. The summed E-state index contributed by atoms with van der Waals surface area (Å²) < 4.78 is 7.83. The Morgan fingerprint density at radius 3 is 2.55 bits per heavy atom. The molecule has 0 N–H and O–H groups in total. The first-order valence-electron chi connectivity index (χ1n) is 6.55. The van der Waals surface area contributed by atoms with E-state index in [1.807, 2.05) is 48.7 Å². The smallest absolute Gasteiger partial charge is 0.266 e. The summed E-state index contributed by atoms with van der Waals surface area (Å²) in [7, 11) is 1.62. The van der Waals surface area contributed by atoms with Crippen molar-refractivity contribution in [2.24, 2.45) is 0 Å². The summed E-state index contributed by atoms with van der Waals surface area (Å²) in [6, 6.07) is 13.1. The van der Waals surface area contributed by atoms with E-state index in [0.29, 0.717) is 10.5 Å². The molecular formula is C16H13IN2O2S. The number of thioether (sulfide) groups is 1. The quantitative estimate of drug-likeness (QED) is 0.365. The van der Waals surface area contributed by atoms with Crippen molar-refractivity contribution in [3.8, 4) is 11.4 Å². The first kappa shape index (κ1) is 15.4. The molecule has 0 aliphatic heterocycles. The molecule has 0 atom stereocenters. The molecule has 0 aliphatic rings. The zero-order chi connectivity index (χ0) is 15.7. The van der Waals surface area contributed by atoms with Gasteiger partial charge in [0.15, 0.2) is 5.16 Å². The summed E-state index contributed by atoms with van der Waals surface area (Å²) in [6.45, 7) is 0. The highest BCUT2D eigenvalue weighted by atomic mass is 127. The minimum absolute atomic E-state index is 0.0574. The minimum Gasteiger partial charge on any atom is -0.497 e. The van der Waals surface area contributed by atoms with Gasteiger partial charge in [0.25, 0.3) is 5.56 Å². The molecule has 0 saturated carbocycles. The van der Waals surface area contributed by atoms with Crippen molar-refractivity contribution in [1.29, 1.82) is 0 Å². The lowest BCUT2D eigenvalue weighted by Crippen LogP contribution is -2.21. The van der Waals surface area contributed by atoms with E-state index in [1.165, 1.54) is 11.8 Å². The van der Waals surface area contributed by atoms with Gasteiger partial charge < -0.3 is 4.74 Å². The third-order valence-corrected chi connectivity index (χ3v) is 4.62. The molecule has 0 amide bonds. The Kier molecular flexibility index (Phi) is 4.39. The van der Waals surface area contributed by atoms with Crippen LogP contribution in [0, 0.1) is 3.57 Å². The van der Waals surface area contributed by atoms with Crippen LogP contribution in [0.3, 0.4) is 0 Å². The van der Waals surface area contributed by atoms with Crippen LogP contribution in [-0.4, -0.2) is 22.9 Å². The number of rotatable bonds is 3. The normalized spacial score (nSPS) is 10.9. The van der Waals surface area contributed by atoms with Crippen LogP contribution in [0.2, 0.25) is 0 Å². The van der Waals surface area contributed by atoms with E-state index in [1.54, 1.807) is 11.7 Å². The summed E-state index contributed by atoms with van der Waals surface area (Å²) in [5, 5.41) is 1.30. The standard InChI is InChI=1S/C16H13IN2O2S/c1-21-12-6-4-11(5-7-12)19-15(20)13-9-10(17)3-8-14(13)18-16(19)22-2/h3-9H,1-2H3. The number of ether oxygens (including phenoxy) is 1. The number of hydrogen-bond donors (Lipinski definition) is 0. The van der Waals surface area contributed by atoms with Crippen molar-refractivity contribution < 1.29 is 4.74 Å². The maximum absolute atomic E-state index is 12.9. The highest BCUT2D eigenvalue weighted by Crippen LogP contribution is 2.22. The molecule has 0 aliphatic carbocycles. The highest BCUT2D eigenvalue weighted by Gasteiger charge is 2.12. The maximum Gasteiger partial charge on any atom is 0.266 e. The summed E-state index contributed by atoms with van der Waals surface area (Å²) in [6.07, 6.45) is 1.92. The van der Waals surface area contributed by atoms with Gasteiger partial charge in [0.1, 0.15) is 5.75 Å². The topological polar surface area (TPSA) is 44.1 Å². The second kappa shape index (κ2) is 6.29. The molecule has 0 spiro atoms. The van der Waals surface area contributed by atoms with Gasteiger partial charge in [0.2, 0.25) is 0 Å². The van der Waals surface area contributed by atoms with Gasteiger partial charge in [0.05, 0.1) is 23.7 Å². The van der Waals surface area contributed by atoms with Gasteiger partial charge in [-0.1, -0.05) is 11.8 Å². The molecule has 0 radical (unpaired) electrons. The second-order valence-corrected chi connectivity index (χ2v) is 6.62. The van der Waals surface area contributed by atoms with Crippen molar-refractivity contribution >= 4 is 45.3 Å². The predicted molar refractivity (Wildman–Crippen MR) is 98.4 cm³/mol. The largest absolute Gasteiger partial charge is 0.497 e. The number of aromatic nitrogens is 2. The molecule has 6 heteroatoms. The zero-order valence-corrected chi connectivity index (χ0v) is 15.0. The molecule has 0 unspecified atom stereocenters. The van der Waals surface area contributed by atoms with Gasteiger partial charge >= 0.3 is 0 Å². The molecule has 0 bridgehead atoms. The molecule has 22 heavy (non-hydrogen) atoms. The fourth-order valence-corrected chi connectivity index (χ4v) is 3.29. The number of fused-ring (bicyclic) bond motifs is 1. The predicted octanol–water partition coefficient (Wildman–Crippen LogP) is 3.72. The van der Waals surface area contributed by atoms with E-state index in [-0.39, 0.29) is 5.56 Å². The highest BCUT2D eigenvalue weighted by molar-refractivity contribution is 14.1. The van der Waals surface area contributed by atoms with E-state index in [2.05, 4.69) is 27.6 Å². The molecule has 0 saturated heterocycles. The third kappa shape index (κ3) is 2.72. The van der Waals surface area contributed by atoms with Crippen LogP contribution < -0.4 is 10.3 Å². The fourth-order valence-electron chi connectivity index (χ4n) is 2.23. The van der Waals surface area contributed by atoms with Crippen LogP contribution in [0.1, 0.15) is 0 Å². The van der Waals surface area contributed by atoms with Gasteiger partial charge in [-0.3, -0.25) is 9.36 Å². The lowest BCUT2D eigenvalue weighted by Gasteiger charge is -2.12. The Balaban J connectivity index is 2.30. The molecule has 1 aromatic heterocycles. The molecule has 3 aromatic rings. The number of nitrogens with zero attached hydrogens (tertiary/aromatic N) is 2. The van der Waals surface area contributed by atoms with E-state index < -0.39 is 0 Å². The van der Waals surface area contributed by atoms with Crippen molar-refractivity contribution in [2.45, 2.75) is 5.16 Å². The monoisotopic (exact) mass is 424 g/mol. The lowest BCUT2D eigenvalue weighted by molar-refractivity contribution is 0.414. The van der Waals surface area contributed by atoms with Crippen LogP contribution >= 0.6 is 34.4 Å². The van der Waals surface area contributed by atoms with E-state index in [0.717, 1.165) is 20.5 Å². The molecule has 1 heterocycles. The van der Waals surface area contributed by atoms with Crippen molar-refractivity contribution in [3.05, 3.63) is 56.4 Å². The average molecular weight is 424 g/mol. The maximum atomic E-state index is 12.9. The Labute approximate surface area is 145 Å². The number of benzene rings is 2. The zero-order valence-electron chi connectivity index (χ0n) is 12.0. The van der Waals surface area contributed by atoms with E-state index in [4.69, 9.17) is 4.74 Å². The minimum atomic E-state index is -0.0574. The number of methoxy groups -OCH3 is 1. The molecule has 2 aromatic carbocycles. The SMILES string of the molecule is COc1ccc(-n2c(SC)nc3ccc(I)cc3c2=O)cc1. The number of halogens is 1. The molecular weight excluding hydrogens is 411 g/mol. The molecule has 4 nitrogen and oxygen atoms in total. The summed E-state index contributed by atoms with van der Waals surface area (Å²) in [4.78, 5) is 17.5. The van der Waals surface area contributed by atoms with Crippen LogP contribution in [-0.2, 0) is 0 Å². The van der Waals surface area contributed by atoms with Gasteiger partial charge in [0, 0.05) is 3.57 Å². The molecule has 0 fully saturated rings. The van der Waals surface area contributed by atoms with Gasteiger partial charge in [-0.05, 0) is 71.3 Å². The third-order valence-electron chi connectivity index (χ3n) is 3.31.